The SMILES string of the molecule is O=C1CC(N(C(=O)c2cccs2)C2CCCCCC2)C(=O)N1c1ccc(F)cc1. The fourth-order valence-electron chi connectivity index (χ4n) is 4.32. The largest absolute Gasteiger partial charge is 0.322 e. The van der Waals surface area contributed by atoms with E-state index in [2.05, 4.69) is 0 Å². The zero-order chi connectivity index (χ0) is 20.4. The topological polar surface area (TPSA) is 57.7 Å². The first kappa shape index (κ1) is 19.8. The Morgan fingerprint density at radius 1 is 1.03 bits per heavy atom. The molecule has 2 heterocycles. The van der Waals surface area contributed by atoms with Gasteiger partial charge in [0.15, 0.2) is 0 Å². The van der Waals surface area contributed by atoms with E-state index in [-0.39, 0.29) is 24.3 Å². The Labute approximate surface area is 173 Å². The van der Waals surface area contributed by atoms with E-state index < -0.39 is 17.8 Å². The molecule has 2 aliphatic rings. The van der Waals surface area contributed by atoms with Gasteiger partial charge in [-0.25, -0.2) is 9.29 Å². The summed E-state index contributed by atoms with van der Waals surface area (Å²) in [6.45, 7) is 0. The second-order valence-corrected chi connectivity index (χ2v) is 8.55. The lowest BCUT2D eigenvalue weighted by Gasteiger charge is -2.34. The smallest absolute Gasteiger partial charge is 0.264 e. The molecule has 1 saturated heterocycles. The number of imide groups is 1. The number of amides is 3. The molecular formula is C22H23FN2O3S. The predicted octanol–water partition coefficient (Wildman–Crippen LogP) is 4.38. The highest BCUT2D eigenvalue weighted by Crippen LogP contribution is 2.32. The van der Waals surface area contributed by atoms with Crippen molar-refractivity contribution in [1.82, 2.24) is 4.90 Å². The van der Waals surface area contributed by atoms with Crippen LogP contribution in [0, 0.1) is 5.82 Å². The zero-order valence-corrected chi connectivity index (χ0v) is 16.9. The molecule has 1 atom stereocenters. The van der Waals surface area contributed by atoms with E-state index in [1.165, 1.54) is 35.6 Å². The van der Waals surface area contributed by atoms with Crippen molar-refractivity contribution in [2.75, 3.05) is 4.90 Å². The van der Waals surface area contributed by atoms with E-state index in [0.717, 1.165) is 43.4 Å². The molecule has 1 aliphatic carbocycles. The van der Waals surface area contributed by atoms with Crippen LogP contribution >= 0.6 is 11.3 Å². The molecule has 1 saturated carbocycles. The third-order valence-corrected chi connectivity index (χ3v) is 6.59. The second kappa shape index (κ2) is 8.45. The highest BCUT2D eigenvalue weighted by atomic mass is 32.1. The minimum absolute atomic E-state index is 0.0379. The molecule has 4 rings (SSSR count). The summed E-state index contributed by atoms with van der Waals surface area (Å²) in [5.74, 6) is -1.38. The van der Waals surface area contributed by atoms with Crippen LogP contribution in [0.1, 0.15) is 54.6 Å². The molecule has 152 valence electrons. The Kier molecular flexibility index (Phi) is 5.76. The monoisotopic (exact) mass is 414 g/mol. The minimum Gasteiger partial charge on any atom is -0.322 e. The summed E-state index contributed by atoms with van der Waals surface area (Å²) in [7, 11) is 0. The average molecular weight is 415 g/mol. The van der Waals surface area contributed by atoms with Crippen LogP contribution in [0.4, 0.5) is 10.1 Å². The third-order valence-electron chi connectivity index (χ3n) is 5.73. The van der Waals surface area contributed by atoms with Crippen molar-refractivity contribution in [2.45, 2.75) is 57.0 Å². The van der Waals surface area contributed by atoms with Gasteiger partial charge in [-0.3, -0.25) is 14.4 Å². The molecule has 29 heavy (non-hydrogen) atoms. The molecule has 1 aromatic carbocycles. The number of nitrogens with zero attached hydrogens (tertiary/aromatic N) is 2. The number of benzene rings is 1. The van der Waals surface area contributed by atoms with Crippen molar-refractivity contribution >= 4 is 34.7 Å². The number of hydrogen-bond donors (Lipinski definition) is 0. The van der Waals surface area contributed by atoms with Crippen LogP contribution in [0.3, 0.4) is 0 Å². The molecule has 2 fully saturated rings. The maximum absolute atomic E-state index is 13.3. The Morgan fingerprint density at radius 2 is 1.72 bits per heavy atom. The van der Waals surface area contributed by atoms with E-state index in [1.54, 1.807) is 11.0 Å². The molecule has 0 N–H and O–H groups in total. The van der Waals surface area contributed by atoms with E-state index in [4.69, 9.17) is 0 Å². The first-order valence-corrected chi connectivity index (χ1v) is 10.9. The molecule has 3 amide bonds. The Bertz CT molecular complexity index is 889. The lowest BCUT2D eigenvalue weighted by atomic mass is 10.0. The average Bonchev–Trinajstić information content (AvgIpc) is 3.25. The standard InChI is InChI=1S/C22H23FN2O3S/c23-15-9-11-17(12-10-15)25-20(26)14-18(21(25)27)24(16-6-3-1-2-4-7-16)22(28)19-8-5-13-29-19/h5,8-13,16,18H,1-4,6-7,14H2. The van der Waals surface area contributed by atoms with Crippen molar-refractivity contribution in [3.8, 4) is 0 Å². The number of anilines is 1. The number of carbonyl (C=O) groups is 3. The van der Waals surface area contributed by atoms with Gasteiger partial charge in [0.1, 0.15) is 11.9 Å². The maximum Gasteiger partial charge on any atom is 0.264 e. The van der Waals surface area contributed by atoms with Crippen LogP contribution in [0.5, 0.6) is 0 Å². The second-order valence-electron chi connectivity index (χ2n) is 7.60. The zero-order valence-electron chi connectivity index (χ0n) is 16.1. The van der Waals surface area contributed by atoms with Crippen molar-refractivity contribution in [2.24, 2.45) is 0 Å². The van der Waals surface area contributed by atoms with Gasteiger partial charge in [-0.15, -0.1) is 11.3 Å². The minimum atomic E-state index is -0.815. The molecule has 1 unspecified atom stereocenters. The summed E-state index contributed by atoms with van der Waals surface area (Å²) in [5.41, 5.74) is 0.341. The number of thiophene rings is 1. The van der Waals surface area contributed by atoms with Crippen LogP contribution < -0.4 is 4.90 Å². The lowest BCUT2D eigenvalue weighted by Crippen LogP contribution is -2.50. The normalized spacial score (nSPS) is 20.7. The Morgan fingerprint density at radius 3 is 2.34 bits per heavy atom. The number of rotatable bonds is 4. The molecule has 5 nitrogen and oxygen atoms in total. The molecule has 0 spiro atoms. The van der Waals surface area contributed by atoms with Crippen LogP contribution in [0.2, 0.25) is 0 Å². The van der Waals surface area contributed by atoms with Gasteiger partial charge >= 0.3 is 0 Å². The summed E-state index contributed by atoms with van der Waals surface area (Å²) in [4.78, 5) is 42.7. The molecule has 1 aromatic heterocycles. The van der Waals surface area contributed by atoms with Gasteiger partial charge in [0, 0.05) is 6.04 Å². The van der Waals surface area contributed by atoms with Crippen molar-refractivity contribution in [3.05, 3.63) is 52.5 Å². The Hall–Kier alpha value is -2.54. The fourth-order valence-corrected chi connectivity index (χ4v) is 4.99. The first-order valence-electron chi connectivity index (χ1n) is 10.0. The molecule has 0 bridgehead atoms. The number of hydrogen-bond acceptors (Lipinski definition) is 4. The van der Waals surface area contributed by atoms with Crippen molar-refractivity contribution < 1.29 is 18.8 Å². The van der Waals surface area contributed by atoms with Crippen LogP contribution in [-0.2, 0) is 9.59 Å². The van der Waals surface area contributed by atoms with E-state index >= 15 is 0 Å². The van der Waals surface area contributed by atoms with Gasteiger partial charge in [0.25, 0.3) is 11.8 Å². The molecule has 2 aromatic rings. The summed E-state index contributed by atoms with van der Waals surface area (Å²) in [5, 5.41) is 1.84. The van der Waals surface area contributed by atoms with E-state index in [1.807, 2.05) is 11.4 Å². The van der Waals surface area contributed by atoms with Crippen molar-refractivity contribution in [3.63, 3.8) is 0 Å². The number of carbonyl (C=O) groups excluding carboxylic acids is 3. The highest BCUT2D eigenvalue weighted by molar-refractivity contribution is 7.12. The molecule has 7 heteroatoms. The van der Waals surface area contributed by atoms with Gasteiger partial charge in [-0.2, -0.15) is 0 Å². The van der Waals surface area contributed by atoms with Gasteiger partial charge in [-0.05, 0) is 48.6 Å². The first-order chi connectivity index (χ1) is 14.1. The number of halogens is 1. The van der Waals surface area contributed by atoms with Gasteiger partial charge in [-0.1, -0.05) is 31.7 Å². The summed E-state index contributed by atoms with van der Waals surface area (Å²) < 4.78 is 13.3. The summed E-state index contributed by atoms with van der Waals surface area (Å²) >= 11 is 1.35. The maximum atomic E-state index is 13.3. The van der Waals surface area contributed by atoms with Gasteiger partial charge < -0.3 is 4.90 Å². The van der Waals surface area contributed by atoms with Crippen LogP contribution in [0.15, 0.2) is 41.8 Å². The highest BCUT2D eigenvalue weighted by Gasteiger charge is 2.46. The third kappa shape index (κ3) is 3.96. The van der Waals surface area contributed by atoms with E-state index in [0.29, 0.717) is 10.6 Å². The molecule has 0 radical (unpaired) electrons. The molecule has 1 aliphatic heterocycles. The predicted molar refractivity (Wildman–Crippen MR) is 109 cm³/mol. The molecular weight excluding hydrogens is 391 g/mol. The van der Waals surface area contributed by atoms with Crippen LogP contribution in [-0.4, -0.2) is 34.7 Å². The van der Waals surface area contributed by atoms with Crippen LogP contribution in [0.25, 0.3) is 0 Å². The van der Waals surface area contributed by atoms with Crippen molar-refractivity contribution in [1.29, 1.82) is 0 Å². The Balaban J connectivity index is 1.66. The van der Waals surface area contributed by atoms with E-state index in [9.17, 15) is 18.8 Å². The lowest BCUT2D eigenvalue weighted by molar-refractivity contribution is -0.123. The van der Waals surface area contributed by atoms with Gasteiger partial charge in [0.2, 0.25) is 5.91 Å². The summed E-state index contributed by atoms with van der Waals surface area (Å²) in [6, 6.07) is 8.00. The van der Waals surface area contributed by atoms with Gasteiger partial charge in [0.05, 0.1) is 17.0 Å². The quantitative estimate of drug-likeness (QED) is 0.551. The summed E-state index contributed by atoms with van der Waals surface area (Å²) in [6.07, 6.45) is 5.90. The fraction of sp³-hybridized carbons (Fsp3) is 0.409.